The smallest absolute Gasteiger partial charge is 0.306 e. The van der Waals surface area contributed by atoms with Crippen LogP contribution in [-0.2, 0) is 23.9 Å². The first-order valence-electron chi connectivity index (χ1n) is 12.9. The van der Waals surface area contributed by atoms with E-state index in [9.17, 15) is 24.3 Å². The molecule has 3 fully saturated rings. The van der Waals surface area contributed by atoms with E-state index in [0.717, 1.165) is 0 Å². The highest BCUT2D eigenvalue weighted by Crippen LogP contribution is 2.71. The van der Waals surface area contributed by atoms with E-state index in [-0.39, 0.29) is 43.2 Å². The second-order valence-electron chi connectivity index (χ2n) is 11.5. The van der Waals surface area contributed by atoms with Crippen molar-refractivity contribution < 1.29 is 33.4 Å². The number of aliphatic hydroxyl groups excluding tert-OH is 1. The number of alkyl halides is 1. The maximum Gasteiger partial charge on any atom is 0.306 e. The minimum Gasteiger partial charge on any atom is -0.450 e. The second-order valence-corrected chi connectivity index (χ2v) is 11.5. The van der Waals surface area contributed by atoms with Gasteiger partial charge in [-0.2, -0.15) is 0 Å². The van der Waals surface area contributed by atoms with Gasteiger partial charge in [-0.3, -0.25) is 19.2 Å². The quantitative estimate of drug-likeness (QED) is 0.444. The van der Waals surface area contributed by atoms with Gasteiger partial charge in [-0.15, -0.1) is 0 Å². The maximum atomic E-state index is 17.3. The first kappa shape index (κ1) is 25.9. The molecule has 35 heavy (non-hydrogen) atoms. The molecule has 192 valence electrons. The SMILES string of the molecule is CCC(=O)CC(=O)[C@@]1(OC(=O)CC)[C@@H](C)C[C@H]2[C@@H]3CCC4=CC(=O)C=C[C@]4(C)[C@@]3(F)[C@H](O)C[C@@]21C. The molecule has 0 saturated heterocycles. The number of carbonyl (C=O) groups excluding carboxylic acids is 4. The van der Waals surface area contributed by atoms with Crippen LogP contribution in [0, 0.1) is 28.6 Å². The molecule has 0 aliphatic heterocycles. The zero-order chi connectivity index (χ0) is 26.0. The van der Waals surface area contributed by atoms with Gasteiger partial charge in [0.05, 0.1) is 12.5 Å². The standard InChI is InChI=1S/C28H37FO6/c1-6-18(30)14-22(32)28(35-24(34)7-2)16(3)12-21-20-9-8-17-13-19(31)10-11-25(17,4)27(20,29)23(33)15-26(21,28)5/h10-11,13,16,20-21,23,33H,6-9,12,14-15H2,1-5H3/t16-,20-,21-,23+,25-,26-,27-,28-/m0/s1. The predicted molar refractivity (Wildman–Crippen MR) is 127 cm³/mol. The number of hydrogen-bond acceptors (Lipinski definition) is 6. The molecule has 0 bridgehead atoms. The molecule has 0 aromatic rings. The summed E-state index contributed by atoms with van der Waals surface area (Å²) in [7, 11) is 0. The van der Waals surface area contributed by atoms with Crippen molar-refractivity contribution >= 4 is 23.3 Å². The molecule has 0 unspecified atom stereocenters. The van der Waals surface area contributed by atoms with Crippen molar-refractivity contribution in [2.45, 2.75) is 96.9 Å². The van der Waals surface area contributed by atoms with Crippen molar-refractivity contribution in [2.75, 3.05) is 0 Å². The number of aliphatic hydroxyl groups is 1. The van der Waals surface area contributed by atoms with E-state index < -0.39 is 51.8 Å². The maximum absolute atomic E-state index is 17.3. The fraction of sp³-hybridized carbons (Fsp3) is 0.714. The third-order valence-electron chi connectivity index (χ3n) is 9.91. The molecule has 8 atom stereocenters. The van der Waals surface area contributed by atoms with Gasteiger partial charge in [-0.25, -0.2) is 4.39 Å². The monoisotopic (exact) mass is 488 g/mol. The molecule has 0 aromatic heterocycles. The number of rotatable bonds is 6. The first-order valence-corrected chi connectivity index (χ1v) is 12.9. The molecule has 0 spiro atoms. The third kappa shape index (κ3) is 3.29. The normalized spacial score (nSPS) is 44.1. The Balaban J connectivity index is 1.84. The summed E-state index contributed by atoms with van der Waals surface area (Å²) in [5.41, 5.74) is -5.13. The van der Waals surface area contributed by atoms with Crippen molar-refractivity contribution in [1.29, 1.82) is 0 Å². The Morgan fingerprint density at radius 3 is 2.49 bits per heavy atom. The van der Waals surface area contributed by atoms with Crippen LogP contribution in [0.3, 0.4) is 0 Å². The van der Waals surface area contributed by atoms with Crippen LogP contribution >= 0.6 is 0 Å². The molecule has 6 nitrogen and oxygen atoms in total. The summed E-state index contributed by atoms with van der Waals surface area (Å²) in [6, 6.07) is 0. The summed E-state index contributed by atoms with van der Waals surface area (Å²) in [6.07, 6.45) is 4.21. The summed E-state index contributed by atoms with van der Waals surface area (Å²) in [5, 5.41) is 11.5. The van der Waals surface area contributed by atoms with Crippen LogP contribution in [-0.4, -0.2) is 45.8 Å². The van der Waals surface area contributed by atoms with Gasteiger partial charge in [0, 0.05) is 35.5 Å². The molecule has 7 heteroatoms. The van der Waals surface area contributed by atoms with E-state index >= 15 is 4.39 Å². The van der Waals surface area contributed by atoms with Gasteiger partial charge in [0.1, 0.15) is 5.78 Å². The van der Waals surface area contributed by atoms with Crippen LogP contribution in [0.4, 0.5) is 4.39 Å². The van der Waals surface area contributed by atoms with E-state index in [0.29, 0.717) is 24.8 Å². The van der Waals surface area contributed by atoms with Gasteiger partial charge in [-0.05, 0) is 50.7 Å². The van der Waals surface area contributed by atoms with Crippen LogP contribution < -0.4 is 0 Å². The molecule has 1 N–H and O–H groups in total. The number of fused-ring (bicyclic) bond motifs is 5. The van der Waals surface area contributed by atoms with Crippen molar-refractivity contribution in [2.24, 2.45) is 28.6 Å². The Kier molecular flexibility index (Phi) is 6.27. The van der Waals surface area contributed by atoms with Gasteiger partial charge < -0.3 is 9.84 Å². The van der Waals surface area contributed by atoms with Gasteiger partial charge in [-0.1, -0.05) is 39.3 Å². The zero-order valence-corrected chi connectivity index (χ0v) is 21.4. The lowest BCUT2D eigenvalue weighted by atomic mass is 9.44. The van der Waals surface area contributed by atoms with Crippen LogP contribution in [0.1, 0.15) is 79.6 Å². The van der Waals surface area contributed by atoms with Crippen LogP contribution in [0.2, 0.25) is 0 Å². The topological polar surface area (TPSA) is 97.7 Å². The van der Waals surface area contributed by atoms with Crippen LogP contribution in [0.15, 0.2) is 23.8 Å². The summed E-state index contributed by atoms with van der Waals surface area (Å²) in [6.45, 7) is 8.73. The summed E-state index contributed by atoms with van der Waals surface area (Å²) >= 11 is 0. The Morgan fingerprint density at radius 2 is 1.86 bits per heavy atom. The minimum atomic E-state index is -2.04. The largest absolute Gasteiger partial charge is 0.450 e. The molecule has 0 amide bonds. The van der Waals surface area contributed by atoms with Crippen molar-refractivity contribution in [3.05, 3.63) is 23.8 Å². The Morgan fingerprint density at radius 1 is 1.17 bits per heavy atom. The van der Waals surface area contributed by atoms with E-state index in [1.54, 1.807) is 26.8 Å². The van der Waals surface area contributed by atoms with E-state index in [4.69, 9.17) is 4.74 Å². The van der Waals surface area contributed by atoms with Gasteiger partial charge in [0.15, 0.2) is 22.8 Å². The van der Waals surface area contributed by atoms with Crippen LogP contribution in [0.5, 0.6) is 0 Å². The lowest BCUT2D eigenvalue weighted by molar-refractivity contribution is -0.227. The average molecular weight is 489 g/mol. The molecule has 3 saturated carbocycles. The highest BCUT2D eigenvalue weighted by molar-refractivity contribution is 6.04. The molecular weight excluding hydrogens is 451 g/mol. The van der Waals surface area contributed by atoms with E-state index in [2.05, 4.69) is 0 Å². The predicted octanol–water partition coefficient (Wildman–Crippen LogP) is 4.23. The van der Waals surface area contributed by atoms with Crippen molar-refractivity contribution in [3.8, 4) is 0 Å². The lowest BCUT2D eigenvalue weighted by Gasteiger charge is -2.62. The Labute approximate surface area is 206 Å². The van der Waals surface area contributed by atoms with E-state index in [1.165, 1.54) is 12.2 Å². The fourth-order valence-corrected chi connectivity index (χ4v) is 8.09. The van der Waals surface area contributed by atoms with Crippen molar-refractivity contribution in [3.63, 3.8) is 0 Å². The number of ketones is 3. The fourth-order valence-electron chi connectivity index (χ4n) is 8.09. The molecule has 0 radical (unpaired) electrons. The van der Waals surface area contributed by atoms with Crippen molar-refractivity contribution in [1.82, 2.24) is 0 Å². The Bertz CT molecular complexity index is 1030. The van der Waals surface area contributed by atoms with Gasteiger partial charge >= 0.3 is 5.97 Å². The number of hydrogen-bond donors (Lipinski definition) is 1. The number of esters is 1. The third-order valence-corrected chi connectivity index (χ3v) is 9.91. The minimum absolute atomic E-state index is 0.0638. The summed E-state index contributed by atoms with van der Waals surface area (Å²) in [4.78, 5) is 50.8. The lowest BCUT2D eigenvalue weighted by Crippen LogP contribution is -2.70. The molecule has 4 aliphatic carbocycles. The first-order chi connectivity index (χ1) is 16.3. The molecular formula is C28H37FO6. The number of ether oxygens (including phenoxy) is 1. The molecule has 0 heterocycles. The molecule has 0 aromatic carbocycles. The average Bonchev–Trinajstić information content (AvgIpc) is 3.02. The summed E-state index contributed by atoms with van der Waals surface area (Å²) in [5.74, 6) is -2.80. The number of halogens is 1. The molecule has 4 rings (SSSR count). The van der Waals surface area contributed by atoms with E-state index in [1.807, 2.05) is 13.8 Å². The van der Waals surface area contributed by atoms with Gasteiger partial charge in [0.2, 0.25) is 0 Å². The summed E-state index contributed by atoms with van der Waals surface area (Å²) < 4.78 is 23.3. The number of allylic oxidation sites excluding steroid dienone is 4. The highest BCUT2D eigenvalue weighted by atomic mass is 19.1. The van der Waals surface area contributed by atoms with Gasteiger partial charge in [0.25, 0.3) is 0 Å². The Hall–Kier alpha value is -2.15. The second kappa shape index (κ2) is 8.46. The highest BCUT2D eigenvalue weighted by Gasteiger charge is 2.77. The van der Waals surface area contributed by atoms with Crippen LogP contribution in [0.25, 0.3) is 0 Å². The number of carbonyl (C=O) groups is 4. The zero-order valence-electron chi connectivity index (χ0n) is 21.4. The number of Topliss-reactive ketones (excluding diaryl/α,β-unsaturated/α-hetero) is 2. The molecule has 4 aliphatic rings.